The summed E-state index contributed by atoms with van der Waals surface area (Å²) < 4.78 is 18.3. The molecule has 0 saturated carbocycles. The molecule has 1 amide bonds. The van der Waals surface area contributed by atoms with E-state index in [-0.39, 0.29) is 12.5 Å². The van der Waals surface area contributed by atoms with E-state index in [1.165, 1.54) is 0 Å². The van der Waals surface area contributed by atoms with E-state index in [4.69, 9.17) is 19.2 Å². The minimum Gasteiger partial charge on any atom is -0.493 e. The van der Waals surface area contributed by atoms with Gasteiger partial charge in [-0.15, -0.1) is 0 Å². The molecule has 4 aromatic rings. The average molecular weight is 431 g/mol. The molecule has 1 N–H and O–H groups in total. The lowest BCUT2D eigenvalue weighted by molar-refractivity contribution is -0.121. The summed E-state index contributed by atoms with van der Waals surface area (Å²) in [5.41, 5.74) is 4.21. The third-order valence-corrected chi connectivity index (χ3v) is 5.03. The van der Waals surface area contributed by atoms with Crippen LogP contribution in [0, 0.1) is 6.92 Å². The van der Waals surface area contributed by atoms with E-state index < -0.39 is 0 Å². The number of hydrogen-bond donors (Lipinski definition) is 1. The standard InChI is InChI=1S/C25H25N3O4/c1-17-9-12-22-26-24(19-10-11-20(30-2)21(13-19)31-3)25(28(22)14-17)27-23(29)16-32-15-18-7-5-4-6-8-18/h4-14H,15-16H2,1-3H3,(H,27,29). The van der Waals surface area contributed by atoms with Crippen LogP contribution in [0.25, 0.3) is 16.9 Å². The Morgan fingerprint density at radius 3 is 2.53 bits per heavy atom. The fourth-order valence-electron chi connectivity index (χ4n) is 3.46. The highest BCUT2D eigenvalue weighted by Crippen LogP contribution is 2.35. The summed E-state index contributed by atoms with van der Waals surface area (Å²) in [5, 5.41) is 2.98. The topological polar surface area (TPSA) is 74.1 Å². The lowest BCUT2D eigenvalue weighted by Gasteiger charge is -2.11. The van der Waals surface area contributed by atoms with E-state index in [1.54, 1.807) is 14.2 Å². The summed E-state index contributed by atoms with van der Waals surface area (Å²) in [5.74, 6) is 1.52. The number of nitrogens with one attached hydrogen (secondary N) is 1. The molecule has 0 spiro atoms. The Kier molecular flexibility index (Phi) is 6.37. The maximum atomic E-state index is 12.7. The van der Waals surface area contributed by atoms with Gasteiger partial charge in [0.1, 0.15) is 23.8 Å². The van der Waals surface area contributed by atoms with Gasteiger partial charge in [-0.1, -0.05) is 36.4 Å². The molecule has 0 unspecified atom stereocenters. The molecule has 0 aliphatic heterocycles. The number of amides is 1. The number of carbonyl (C=O) groups is 1. The highest BCUT2D eigenvalue weighted by Gasteiger charge is 2.18. The number of aryl methyl sites for hydroxylation is 1. The van der Waals surface area contributed by atoms with Crippen LogP contribution in [0.2, 0.25) is 0 Å². The molecule has 0 saturated heterocycles. The normalized spacial score (nSPS) is 10.8. The van der Waals surface area contributed by atoms with Crippen LogP contribution in [-0.4, -0.2) is 36.1 Å². The van der Waals surface area contributed by atoms with Gasteiger partial charge in [-0.05, 0) is 42.3 Å². The molecule has 0 bridgehead atoms. The van der Waals surface area contributed by atoms with Gasteiger partial charge in [-0.3, -0.25) is 9.20 Å². The van der Waals surface area contributed by atoms with E-state index in [0.717, 1.165) is 22.3 Å². The van der Waals surface area contributed by atoms with Crippen molar-refractivity contribution in [3.63, 3.8) is 0 Å². The summed E-state index contributed by atoms with van der Waals surface area (Å²) in [4.78, 5) is 17.5. The van der Waals surface area contributed by atoms with Crippen LogP contribution in [0.1, 0.15) is 11.1 Å². The minimum atomic E-state index is -0.258. The Hall–Kier alpha value is -3.84. The molecule has 0 radical (unpaired) electrons. The SMILES string of the molecule is COc1ccc(-c2nc3ccc(C)cn3c2NC(=O)COCc2ccccc2)cc1OC. The summed E-state index contributed by atoms with van der Waals surface area (Å²) in [6, 6.07) is 19.2. The molecule has 0 aliphatic carbocycles. The number of anilines is 1. The largest absolute Gasteiger partial charge is 0.493 e. The Labute approximate surface area is 186 Å². The van der Waals surface area contributed by atoms with Crippen LogP contribution in [0.5, 0.6) is 11.5 Å². The van der Waals surface area contributed by atoms with Gasteiger partial charge in [0.05, 0.1) is 20.8 Å². The van der Waals surface area contributed by atoms with E-state index in [0.29, 0.717) is 29.6 Å². The van der Waals surface area contributed by atoms with Crippen molar-refractivity contribution in [3.8, 4) is 22.8 Å². The van der Waals surface area contributed by atoms with Gasteiger partial charge in [0.2, 0.25) is 0 Å². The van der Waals surface area contributed by atoms with Gasteiger partial charge < -0.3 is 19.5 Å². The van der Waals surface area contributed by atoms with E-state index in [2.05, 4.69) is 5.32 Å². The number of methoxy groups -OCH3 is 2. The summed E-state index contributed by atoms with van der Waals surface area (Å²) in [6.07, 6.45) is 1.94. The average Bonchev–Trinajstić information content (AvgIpc) is 3.16. The zero-order valence-electron chi connectivity index (χ0n) is 18.3. The molecule has 7 nitrogen and oxygen atoms in total. The van der Waals surface area contributed by atoms with E-state index >= 15 is 0 Å². The quantitative estimate of drug-likeness (QED) is 0.445. The molecule has 32 heavy (non-hydrogen) atoms. The molecular weight excluding hydrogens is 406 g/mol. The van der Waals surface area contributed by atoms with Gasteiger partial charge in [0, 0.05) is 11.8 Å². The predicted molar refractivity (Wildman–Crippen MR) is 123 cm³/mol. The minimum absolute atomic E-state index is 0.0701. The summed E-state index contributed by atoms with van der Waals surface area (Å²) in [6.45, 7) is 2.28. The highest BCUT2D eigenvalue weighted by atomic mass is 16.5. The highest BCUT2D eigenvalue weighted by molar-refractivity contribution is 5.95. The Morgan fingerprint density at radius 1 is 1.00 bits per heavy atom. The first-order valence-corrected chi connectivity index (χ1v) is 10.2. The lowest BCUT2D eigenvalue weighted by Crippen LogP contribution is -2.19. The zero-order valence-corrected chi connectivity index (χ0v) is 18.3. The molecule has 0 aliphatic rings. The molecule has 164 valence electrons. The Morgan fingerprint density at radius 2 is 1.78 bits per heavy atom. The van der Waals surface area contributed by atoms with Gasteiger partial charge >= 0.3 is 0 Å². The number of carbonyl (C=O) groups excluding carboxylic acids is 1. The number of ether oxygens (including phenoxy) is 3. The van der Waals surface area contributed by atoms with Crippen LogP contribution in [0.15, 0.2) is 66.9 Å². The van der Waals surface area contributed by atoms with Gasteiger partial charge in [0.15, 0.2) is 11.5 Å². The van der Waals surface area contributed by atoms with Crippen LogP contribution < -0.4 is 14.8 Å². The monoisotopic (exact) mass is 431 g/mol. The Balaban J connectivity index is 1.62. The molecule has 4 rings (SSSR count). The lowest BCUT2D eigenvalue weighted by atomic mass is 10.1. The first kappa shape index (κ1) is 21.4. The van der Waals surface area contributed by atoms with Crippen molar-refractivity contribution < 1.29 is 19.0 Å². The first-order valence-electron chi connectivity index (χ1n) is 10.2. The van der Waals surface area contributed by atoms with Crippen molar-refractivity contribution >= 4 is 17.4 Å². The second-order valence-electron chi connectivity index (χ2n) is 7.34. The predicted octanol–water partition coefficient (Wildman–Crippen LogP) is 4.48. The molecule has 2 aromatic carbocycles. The molecular formula is C25H25N3O4. The number of nitrogens with zero attached hydrogens (tertiary/aromatic N) is 2. The third-order valence-electron chi connectivity index (χ3n) is 5.03. The van der Waals surface area contributed by atoms with Crippen molar-refractivity contribution in [3.05, 3.63) is 78.0 Å². The molecule has 2 heterocycles. The van der Waals surface area contributed by atoms with Crippen LogP contribution >= 0.6 is 0 Å². The molecule has 7 heteroatoms. The van der Waals surface area contributed by atoms with Crippen LogP contribution in [-0.2, 0) is 16.1 Å². The number of rotatable bonds is 8. The van der Waals surface area contributed by atoms with Crippen molar-refractivity contribution in [1.82, 2.24) is 9.38 Å². The van der Waals surface area contributed by atoms with Gasteiger partial charge in [-0.25, -0.2) is 4.98 Å². The van der Waals surface area contributed by atoms with E-state index in [1.807, 2.05) is 78.2 Å². The number of hydrogen-bond acceptors (Lipinski definition) is 5. The second kappa shape index (κ2) is 9.53. The van der Waals surface area contributed by atoms with Gasteiger partial charge in [-0.2, -0.15) is 0 Å². The third kappa shape index (κ3) is 4.58. The number of imidazole rings is 1. The fraction of sp³-hybridized carbons (Fsp3) is 0.200. The number of fused-ring (bicyclic) bond motifs is 1. The van der Waals surface area contributed by atoms with E-state index in [9.17, 15) is 4.79 Å². The zero-order chi connectivity index (χ0) is 22.5. The van der Waals surface area contributed by atoms with Crippen molar-refractivity contribution in [2.45, 2.75) is 13.5 Å². The fourth-order valence-corrected chi connectivity index (χ4v) is 3.46. The van der Waals surface area contributed by atoms with Crippen LogP contribution in [0.4, 0.5) is 5.82 Å². The maximum Gasteiger partial charge on any atom is 0.251 e. The Bertz CT molecular complexity index is 1230. The number of pyridine rings is 1. The second-order valence-corrected chi connectivity index (χ2v) is 7.34. The van der Waals surface area contributed by atoms with Gasteiger partial charge in [0.25, 0.3) is 5.91 Å². The number of aromatic nitrogens is 2. The molecule has 0 fully saturated rings. The molecule has 2 aromatic heterocycles. The number of benzene rings is 2. The summed E-state index contributed by atoms with van der Waals surface area (Å²) in [7, 11) is 3.17. The van der Waals surface area contributed by atoms with Crippen LogP contribution in [0.3, 0.4) is 0 Å². The smallest absolute Gasteiger partial charge is 0.251 e. The van der Waals surface area contributed by atoms with Crippen molar-refractivity contribution in [2.75, 3.05) is 26.1 Å². The maximum absolute atomic E-state index is 12.7. The molecule has 0 atom stereocenters. The first-order chi connectivity index (χ1) is 15.6. The van der Waals surface area contributed by atoms with Crippen molar-refractivity contribution in [2.24, 2.45) is 0 Å². The van der Waals surface area contributed by atoms with Crippen molar-refractivity contribution in [1.29, 1.82) is 0 Å². The summed E-state index contributed by atoms with van der Waals surface area (Å²) >= 11 is 0.